The minimum atomic E-state index is -0.282. The Labute approximate surface area is 136 Å². The fourth-order valence-electron chi connectivity index (χ4n) is 2.35. The molecule has 0 radical (unpaired) electrons. The number of carbonyl (C=O) groups is 1. The van der Waals surface area contributed by atoms with E-state index in [9.17, 15) is 9.59 Å². The lowest BCUT2D eigenvalue weighted by molar-refractivity contribution is 0.0935. The first-order valence-corrected chi connectivity index (χ1v) is 7.48. The van der Waals surface area contributed by atoms with E-state index in [-0.39, 0.29) is 22.3 Å². The summed E-state index contributed by atoms with van der Waals surface area (Å²) < 4.78 is 5.73. The normalized spacial score (nSPS) is 12.3. The fraction of sp³-hybridized carbons (Fsp3) is 0.188. The number of aryl methyl sites for hydroxylation is 1. The molecule has 0 aliphatic heterocycles. The number of H-pyrrole nitrogens is 2. The van der Waals surface area contributed by atoms with Crippen LogP contribution in [0.3, 0.4) is 0 Å². The van der Waals surface area contributed by atoms with E-state index < -0.39 is 0 Å². The van der Waals surface area contributed by atoms with Gasteiger partial charge in [0.15, 0.2) is 4.77 Å². The molecule has 1 unspecified atom stereocenters. The number of benzene rings is 1. The van der Waals surface area contributed by atoms with Crippen molar-refractivity contribution in [2.24, 2.45) is 0 Å². The summed E-state index contributed by atoms with van der Waals surface area (Å²) in [5.41, 5.74) is 0.673. The smallest absolute Gasteiger partial charge is 0.259 e. The number of rotatable bonds is 3. The van der Waals surface area contributed by atoms with Gasteiger partial charge in [0, 0.05) is 5.56 Å². The number of aromatic amines is 2. The Hall–Kier alpha value is -2.67. The summed E-state index contributed by atoms with van der Waals surface area (Å²) in [5.74, 6) is 1.22. The average Bonchev–Trinajstić information content (AvgIpc) is 2.93. The van der Waals surface area contributed by atoms with Crippen LogP contribution in [0.15, 0.2) is 39.5 Å². The lowest BCUT2D eigenvalue weighted by atomic mass is 10.1. The third-order valence-electron chi connectivity index (χ3n) is 3.54. The second kappa shape index (κ2) is 5.85. The van der Waals surface area contributed by atoms with Crippen molar-refractivity contribution in [3.63, 3.8) is 0 Å². The van der Waals surface area contributed by atoms with E-state index in [0.29, 0.717) is 22.2 Å². The molecule has 6 nitrogen and oxygen atoms in total. The molecule has 3 N–H and O–H groups in total. The molecule has 2 aromatic heterocycles. The third kappa shape index (κ3) is 3.09. The summed E-state index contributed by atoms with van der Waals surface area (Å²) in [6.45, 7) is 3.69. The van der Waals surface area contributed by atoms with E-state index in [1.54, 1.807) is 18.2 Å². The zero-order valence-corrected chi connectivity index (χ0v) is 13.4. The first kappa shape index (κ1) is 15.2. The number of carbonyl (C=O) groups excluding carboxylic acids is 1. The van der Waals surface area contributed by atoms with E-state index in [0.717, 1.165) is 5.76 Å². The summed E-state index contributed by atoms with van der Waals surface area (Å²) >= 11 is 4.95. The molecule has 1 amide bonds. The minimum absolute atomic E-state index is 0.222. The van der Waals surface area contributed by atoms with Crippen molar-refractivity contribution in [1.29, 1.82) is 0 Å². The highest BCUT2D eigenvalue weighted by Crippen LogP contribution is 2.17. The number of nitrogens with one attached hydrogen (secondary N) is 3. The Kier molecular flexibility index (Phi) is 3.87. The lowest BCUT2D eigenvalue weighted by Gasteiger charge is -2.12. The van der Waals surface area contributed by atoms with Crippen molar-refractivity contribution in [3.8, 4) is 0 Å². The maximum atomic E-state index is 12.4. The summed E-state index contributed by atoms with van der Waals surface area (Å²) in [5, 5.41) is 3.31. The molecule has 0 spiro atoms. The second-order valence-corrected chi connectivity index (χ2v) is 5.72. The van der Waals surface area contributed by atoms with Crippen molar-refractivity contribution in [3.05, 3.63) is 62.5 Å². The van der Waals surface area contributed by atoms with E-state index in [1.807, 2.05) is 26.0 Å². The van der Waals surface area contributed by atoms with Crippen LogP contribution in [0.25, 0.3) is 10.9 Å². The first-order chi connectivity index (χ1) is 10.9. The second-order valence-electron chi connectivity index (χ2n) is 5.31. The van der Waals surface area contributed by atoms with Gasteiger partial charge in [0.1, 0.15) is 11.5 Å². The molecular weight excluding hydrogens is 314 g/mol. The Morgan fingerprint density at radius 1 is 1.26 bits per heavy atom. The molecule has 3 aromatic rings. The predicted molar refractivity (Wildman–Crippen MR) is 89.1 cm³/mol. The van der Waals surface area contributed by atoms with Crippen molar-refractivity contribution in [1.82, 2.24) is 15.3 Å². The van der Waals surface area contributed by atoms with Gasteiger partial charge in [0.05, 0.1) is 16.9 Å². The molecule has 7 heteroatoms. The summed E-state index contributed by atoms with van der Waals surface area (Å²) in [6.07, 6.45) is 0. The molecule has 0 saturated carbocycles. The van der Waals surface area contributed by atoms with Gasteiger partial charge in [-0.15, -0.1) is 0 Å². The quantitative estimate of drug-likeness (QED) is 0.644. The molecule has 0 aliphatic carbocycles. The molecule has 0 saturated heterocycles. The van der Waals surface area contributed by atoms with E-state index >= 15 is 0 Å². The lowest BCUT2D eigenvalue weighted by Crippen LogP contribution is -2.26. The van der Waals surface area contributed by atoms with Gasteiger partial charge in [0.25, 0.3) is 11.5 Å². The molecule has 2 heterocycles. The monoisotopic (exact) mass is 329 g/mol. The molecule has 0 bridgehead atoms. The Morgan fingerprint density at radius 2 is 2.04 bits per heavy atom. The number of amides is 1. The van der Waals surface area contributed by atoms with Gasteiger partial charge in [-0.25, -0.2) is 0 Å². The van der Waals surface area contributed by atoms with Crippen LogP contribution in [0, 0.1) is 11.7 Å². The number of aromatic nitrogens is 2. The van der Waals surface area contributed by atoms with Crippen LogP contribution in [0.2, 0.25) is 0 Å². The first-order valence-electron chi connectivity index (χ1n) is 7.07. The van der Waals surface area contributed by atoms with Crippen molar-refractivity contribution in [2.75, 3.05) is 0 Å². The molecule has 1 aromatic carbocycles. The van der Waals surface area contributed by atoms with E-state index in [2.05, 4.69) is 15.3 Å². The third-order valence-corrected chi connectivity index (χ3v) is 3.74. The van der Waals surface area contributed by atoms with Crippen molar-refractivity contribution >= 4 is 29.0 Å². The Morgan fingerprint density at radius 3 is 2.74 bits per heavy atom. The zero-order valence-electron chi connectivity index (χ0n) is 12.6. The zero-order chi connectivity index (χ0) is 16.6. The molecule has 0 aliphatic rings. The highest BCUT2D eigenvalue weighted by Gasteiger charge is 2.15. The van der Waals surface area contributed by atoms with Crippen LogP contribution in [0.4, 0.5) is 0 Å². The van der Waals surface area contributed by atoms with Crippen LogP contribution < -0.4 is 10.9 Å². The van der Waals surface area contributed by atoms with Gasteiger partial charge in [-0.3, -0.25) is 14.6 Å². The predicted octanol–water partition coefficient (Wildman–Crippen LogP) is 2.98. The molecular formula is C16H15N3O3S. The highest BCUT2D eigenvalue weighted by molar-refractivity contribution is 7.71. The molecule has 3 rings (SSSR count). The van der Waals surface area contributed by atoms with Crippen LogP contribution in [-0.2, 0) is 0 Å². The van der Waals surface area contributed by atoms with Gasteiger partial charge in [-0.05, 0) is 56.4 Å². The Balaban J connectivity index is 1.89. The van der Waals surface area contributed by atoms with Gasteiger partial charge in [-0.1, -0.05) is 0 Å². The van der Waals surface area contributed by atoms with Crippen LogP contribution in [-0.4, -0.2) is 15.9 Å². The van der Waals surface area contributed by atoms with Crippen LogP contribution in [0.1, 0.15) is 34.8 Å². The molecule has 0 fully saturated rings. The maximum Gasteiger partial charge on any atom is 0.259 e. The van der Waals surface area contributed by atoms with Crippen molar-refractivity contribution in [2.45, 2.75) is 19.9 Å². The summed E-state index contributed by atoms with van der Waals surface area (Å²) in [7, 11) is 0. The summed E-state index contributed by atoms with van der Waals surface area (Å²) in [6, 6.07) is 8.22. The molecule has 23 heavy (non-hydrogen) atoms. The summed E-state index contributed by atoms with van der Waals surface area (Å²) in [4.78, 5) is 29.5. The van der Waals surface area contributed by atoms with Gasteiger partial charge < -0.3 is 14.7 Å². The fourth-order valence-corrected chi connectivity index (χ4v) is 2.55. The van der Waals surface area contributed by atoms with Gasteiger partial charge in [-0.2, -0.15) is 0 Å². The van der Waals surface area contributed by atoms with E-state index in [4.69, 9.17) is 16.6 Å². The SMILES string of the molecule is Cc1ccc(C(C)NC(=O)c2ccc3c(=O)[nH]c(=S)[nH]c3c2)o1. The number of furan rings is 1. The maximum absolute atomic E-state index is 12.4. The van der Waals surface area contributed by atoms with Crippen LogP contribution >= 0.6 is 12.2 Å². The minimum Gasteiger partial charge on any atom is -0.464 e. The Bertz CT molecular complexity index is 999. The highest BCUT2D eigenvalue weighted by atomic mass is 32.1. The number of hydrogen-bond acceptors (Lipinski definition) is 4. The largest absolute Gasteiger partial charge is 0.464 e. The number of hydrogen-bond donors (Lipinski definition) is 3. The average molecular weight is 329 g/mol. The number of fused-ring (bicyclic) bond motifs is 1. The molecule has 1 atom stereocenters. The van der Waals surface area contributed by atoms with Gasteiger partial charge >= 0.3 is 0 Å². The van der Waals surface area contributed by atoms with Crippen LogP contribution in [0.5, 0.6) is 0 Å². The van der Waals surface area contributed by atoms with Gasteiger partial charge in [0.2, 0.25) is 0 Å². The standard InChI is InChI=1S/C16H15N3O3S/c1-8-3-6-13(22-8)9(2)17-14(20)10-4-5-11-12(7-10)18-16(23)19-15(11)21/h3-7,9H,1-2H3,(H,17,20)(H2,18,19,21,23). The van der Waals surface area contributed by atoms with E-state index in [1.165, 1.54) is 0 Å². The molecule has 118 valence electrons. The topological polar surface area (TPSA) is 90.9 Å². The van der Waals surface area contributed by atoms with Crippen molar-refractivity contribution < 1.29 is 9.21 Å².